The first-order chi connectivity index (χ1) is 11.5. The molecule has 3 aliphatic rings. The Kier molecular flexibility index (Phi) is 5.65. The minimum Gasteiger partial charge on any atom is -0.352 e. The Morgan fingerprint density at radius 2 is 1.83 bits per heavy atom. The van der Waals surface area contributed by atoms with Crippen LogP contribution in [0.15, 0.2) is 0 Å². The van der Waals surface area contributed by atoms with E-state index in [0.29, 0.717) is 6.04 Å². The van der Waals surface area contributed by atoms with Crippen molar-refractivity contribution in [3.63, 3.8) is 0 Å². The number of hydrogen-bond acceptors (Lipinski definition) is 5. The lowest BCUT2D eigenvalue weighted by Gasteiger charge is -2.39. The number of hydrogen-bond donors (Lipinski definition) is 1. The van der Waals surface area contributed by atoms with Crippen molar-refractivity contribution < 1.29 is 14.4 Å². The first-order valence-electron chi connectivity index (χ1n) is 8.71. The molecule has 0 aliphatic carbocycles. The van der Waals surface area contributed by atoms with Gasteiger partial charge >= 0.3 is 6.03 Å². The zero-order valence-corrected chi connectivity index (χ0v) is 15.0. The first-order valence-corrected chi connectivity index (χ1v) is 9.86. The number of thioether (sulfide) groups is 1. The number of rotatable bonds is 4. The van der Waals surface area contributed by atoms with E-state index in [2.05, 4.69) is 10.2 Å². The topological polar surface area (TPSA) is 73.0 Å². The predicted octanol–water partition coefficient (Wildman–Crippen LogP) is 0.357. The quantitative estimate of drug-likeness (QED) is 0.738. The van der Waals surface area contributed by atoms with Crippen molar-refractivity contribution in [3.05, 3.63) is 0 Å². The van der Waals surface area contributed by atoms with Crippen LogP contribution in [-0.4, -0.2) is 89.4 Å². The van der Waals surface area contributed by atoms with E-state index in [9.17, 15) is 14.4 Å². The first kappa shape index (κ1) is 17.5. The van der Waals surface area contributed by atoms with Crippen molar-refractivity contribution in [3.8, 4) is 0 Å². The van der Waals surface area contributed by atoms with Crippen LogP contribution in [-0.2, 0) is 9.59 Å². The van der Waals surface area contributed by atoms with Crippen LogP contribution in [0.25, 0.3) is 0 Å². The maximum Gasteiger partial charge on any atom is 0.327 e. The third kappa shape index (κ3) is 4.03. The van der Waals surface area contributed by atoms with Crippen LogP contribution in [0.3, 0.4) is 0 Å². The fourth-order valence-corrected chi connectivity index (χ4v) is 4.78. The van der Waals surface area contributed by atoms with Gasteiger partial charge in [0.05, 0.1) is 0 Å². The fraction of sp³-hybridized carbons (Fsp3) is 0.812. The Morgan fingerprint density at radius 1 is 1.17 bits per heavy atom. The van der Waals surface area contributed by atoms with Gasteiger partial charge in [-0.05, 0) is 37.2 Å². The summed E-state index contributed by atoms with van der Waals surface area (Å²) in [5, 5.41) is 2.99. The molecule has 3 aliphatic heterocycles. The van der Waals surface area contributed by atoms with E-state index in [-0.39, 0.29) is 37.0 Å². The van der Waals surface area contributed by atoms with Gasteiger partial charge in [-0.15, -0.1) is 0 Å². The number of nitrogens with zero attached hydrogens (tertiary/aromatic N) is 3. The zero-order chi connectivity index (χ0) is 17.1. The summed E-state index contributed by atoms with van der Waals surface area (Å²) < 4.78 is 0. The molecule has 3 fully saturated rings. The van der Waals surface area contributed by atoms with Crippen molar-refractivity contribution in [1.82, 2.24) is 20.0 Å². The molecular weight excluding hydrogens is 328 g/mol. The molecule has 8 heteroatoms. The molecule has 3 rings (SSSR count). The van der Waals surface area contributed by atoms with Gasteiger partial charge in [0.2, 0.25) is 5.91 Å². The van der Waals surface area contributed by atoms with Gasteiger partial charge in [-0.2, -0.15) is 11.8 Å². The predicted molar refractivity (Wildman–Crippen MR) is 92.8 cm³/mol. The summed E-state index contributed by atoms with van der Waals surface area (Å²) >= 11 is 2.04. The number of likely N-dealkylation sites (tertiary alicyclic amines) is 1. The number of likely N-dealkylation sites (N-methyl/N-ethyl adjacent to an activating group) is 1. The molecule has 0 aromatic rings. The largest absolute Gasteiger partial charge is 0.352 e. The molecule has 0 aromatic carbocycles. The molecule has 0 radical (unpaired) electrons. The van der Waals surface area contributed by atoms with Crippen LogP contribution >= 0.6 is 11.8 Å². The highest BCUT2D eigenvalue weighted by molar-refractivity contribution is 7.99. The Labute approximate surface area is 147 Å². The monoisotopic (exact) mass is 354 g/mol. The van der Waals surface area contributed by atoms with Crippen molar-refractivity contribution in [1.29, 1.82) is 0 Å². The summed E-state index contributed by atoms with van der Waals surface area (Å²) in [5.74, 6) is 1.98. The fourth-order valence-electron chi connectivity index (χ4n) is 3.70. The lowest BCUT2D eigenvalue weighted by molar-refractivity contribution is -0.131. The number of carbonyl (C=O) groups excluding carboxylic acids is 3. The van der Waals surface area contributed by atoms with E-state index in [4.69, 9.17) is 0 Å². The van der Waals surface area contributed by atoms with Gasteiger partial charge in [-0.25, -0.2) is 4.79 Å². The second kappa shape index (κ2) is 7.74. The van der Waals surface area contributed by atoms with E-state index in [1.54, 1.807) is 7.05 Å². The Balaban J connectivity index is 1.42. The summed E-state index contributed by atoms with van der Waals surface area (Å²) in [6.07, 6.45) is 4.43. The van der Waals surface area contributed by atoms with Crippen LogP contribution in [0.2, 0.25) is 0 Å². The highest BCUT2D eigenvalue weighted by Gasteiger charge is 2.35. The van der Waals surface area contributed by atoms with Gasteiger partial charge < -0.3 is 15.1 Å². The number of imide groups is 1. The van der Waals surface area contributed by atoms with Crippen molar-refractivity contribution in [2.24, 2.45) is 0 Å². The average molecular weight is 354 g/mol. The summed E-state index contributed by atoms with van der Waals surface area (Å²) in [6.45, 7) is 1.93. The number of carbonyl (C=O) groups is 3. The van der Waals surface area contributed by atoms with Gasteiger partial charge in [0.15, 0.2) is 0 Å². The van der Waals surface area contributed by atoms with Crippen LogP contribution in [0.4, 0.5) is 4.79 Å². The average Bonchev–Trinajstić information content (AvgIpc) is 2.82. The van der Waals surface area contributed by atoms with Crippen molar-refractivity contribution in [2.45, 2.75) is 37.8 Å². The van der Waals surface area contributed by atoms with Gasteiger partial charge in [-0.1, -0.05) is 0 Å². The van der Waals surface area contributed by atoms with Crippen LogP contribution in [0, 0.1) is 0 Å². The smallest absolute Gasteiger partial charge is 0.327 e. The van der Waals surface area contributed by atoms with Crippen molar-refractivity contribution in [2.75, 3.05) is 44.7 Å². The van der Waals surface area contributed by atoms with E-state index in [1.807, 2.05) is 11.8 Å². The molecule has 3 saturated heterocycles. The molecule has 0 bridgehead atoms. The maximum atomic E-state index is 12.2. The second-order valence-electron chi connectivity index (χ2n) is 6.84. The normalized spacial score (nSPS) is 24.7. The Morgan fingerprint density at radius 3 is 2.42 bits per heavy atom. The summed E-state index contributed by atoms with van der Waals surface area (Å²) in [7, 11) is 1.57. The molecule has 7 nitrogen and oxygen atoms in total. The molecule has 3 heterocycles. The zero-order valence-electron chi connectivity index (χ0n) is 14.2. The Bertz CT molecular complexity index is 502. The van der Waals surface area contributed by atoms with Gasteiger partial charge in [-0.3, -0.25) is 14.5 Å². The number of amides is 4. The molecule has 24 heavy (non-hydrogen) atoms. The maximum absolute atomic E-state index is 12.2. The van der Waals surface area contributed by atoms with Crippen LogP contribution in [0.1, 0.15) is 25.7 Å². The molecule has 0 aromatic heterocycles. The molecule has 0 saturated carbocycles. The molecule has 0 spiro atoms. The Hall–Kier alpha value is -1.28. The summed E-state index contributed by atoms with van der Waals surface area (Å²) in [4.78, 5) is 40.6. The van der Waals surface area contributed by atoms with E-state index in [0.717, 1.165) is 30.8 Å². The molecule has 0 unspecified atom stereocenters. The molecular formula is C16H26N4O3S. The number of nitrogens with one attached hydrogen (secondary N) is 1. The second-order valence-corrected chi connectivity index (χ2v) is 8.06. The standard InChI is InChI=1S/C16H26N4O3S/c1-18-11-15(22)20(16(18)23)10-14(21)17-12-2-6-19(7-3-12)13-4-8-24-9-5-13/h12-13H,2-11H2,1H3,(H,17,21). The molecule has 134 valence electrons. The number of piperidine rings is 1. The molecule has 0 atom stereocenters. The minimum absolute atomic E-state index is 0.0597. The molecule has 1 N–H and O–H groups in total. The van der Waals surface area contributed by atoms with Gasteiger partial charge in [0.1, 0.15) is 13.1 Å². The highest BCUT2D eigenvalue weighted by atomic mass is 32.2. The van der Waals surface area contributed by atoms with Gasteiger partial charge in [0.25, 0.3) is 5.91 Å². The lowest BCUT2D eigenvalue weighted by Crippen LogP contribution is -2.50. The van der Waals surface area contributed by atoms with Gasteiger partial charge in [0, 0.05) is 32.2 Å². The summed E-state index contributed by atoms with van der Waals surface area (Å²) in [6, 6.07) is 0.468. The number of urea groups is 1. The van der Waals surface area contributed by atoms with Crippen LogP contribution in [0.5, 0.6) is 0 Å². The van der Waals surface area contributed by atoms with E-state index >= 15 is 0 Å². The van der Waals surface area contributed by atoms with E-state index in [1.165, 1.54) is 29.2 Å². The SMILES string of the molecule is CN1CC(=O)N(CC(=O)NC2CCN(C3CCSCC3)CC2)C1=O. The molecule has 4 amide bonds. The lowest BCUT2D eigenvalue weighted by atomic mass is 10.0. The highest BCUT2D eigenvalue weighted by Crippen LogP contribution is 2.24. The van der Waals surface area contributed by atoms with Crippen LogP contribution < -0.4 is 5.32 Å². The van der Waals surface area contributed by atoms with Crippen molar-refractivity contribution >= 4 is 29.6 Å². The van der Waals surface area contributed by atoms with E-state index < -0.39 is 0 Å². The minimum atomic E-state index is -0.389. The third-order valence-corrected chi connectivity index (χ3v) is 6.18. The summed E-state index contributed by atoms with van der Waals surface area (Å²) in [5.41, 5.74) is 0. The third-order valence-electron chi connectivity index (χ3n) is 5.13.